The molecule has 164 valence electrons. The highest BCUT2D eigenvalue weighted by atomic mass is 32.2. The SMILES string of the molecule is Cc1csc(NC(=O)C(C)Sc2nnc(CNC(=O)c3ccccc3F)n2C(C)C)n1. The molecule has 0 aliphatic rings. The lowest BCUT2D eigenvalue weighted by molar-refractivity contribution is -0.115. The molecule has 0 radical (unpaired) electrons. The van der Waals surface area contributed by atoms with Crippen molar-refractivity contribution in [1.82, 2.24) is 25.1 Å². The molecule has 0 aliphatic carbocycles. The molecule has 8 nitrogen and oxygen atoms in total. The second kappa shape index (κ2) is 10.0. The van der Waals surface area contributed by atoms with Gasteiger partial charge < -0.3 is 15.2 Å². The first-order valence-corrected chi connectivity index (χ1v) is 11.4. The molecule has 0 aliphatic heterocycles. The van der Waals surface area contributed by atoms with Crippen molar-refractivity contribution in [3.8, 4) is 0 Å². The van der Waals surface area contributed by atoms with Gasteiger partial charge in [-0.15, -0.1) is 21.5 Å². The highest BCUT2D eigenvalue weighted by Crippen LogP contribution is 2.27. The number of carbonyl (C=O) groups is 2. The molecular formula is C20H23FN6O2S2. The fraction of sp³-hybridized carbons (Fsp3) is 0.350. The zero-order valence-electron chi connectivity index (χ0n) is 17.5. The molecule has 0 bridgehead atoms. The Morgan fingerprint density at radius 1 is 1.23 bits per heavy atom. The number of thioether (sulfide) groups is 1. The Labute approximate surface area is 187 Å². The monoisotopic (exact) mass is 462 g/mol. The fourth-order valence-corrected chi connectivity index (χ4v) is 4.45. The number of hydrogen-bond acceptors (Lipinski definition) is 7. The summed E-state index contributed by atoms with van der Waals surface area (Å²) in [6.07, 6.45) is 0. The van der Waals surface area contributed by atoms with Crippen LogP contribution in [0.3, 0.4) is 0 Å². The number of nitrogens with zero attached hydrogens (tertiary/aromatic N) is 4. The topological polar surface area (TPSA) is 102 Å². The minimum Gasteiger partial charge on any atom is -0.345 e. The fourth-order valence-electron chi connectivity index (χ4n) is 2.76. The minimum absolute atomic E-state index is 0.00487. The van der Waals surface area contributed by atoms with Crippen LogP contribution in [0.2, 0.25) is 0 Å². The van der Waals surface area contributed by atoms with Gasteiger partial charge in [0.1, 0.15) is 5.82 Å². The molecule has 2 aromatic heterocycles. The molecule has 2 heterocycles. The molecule has 11 heteroatoms. The summed E-state index contributed by atoms with van der Waals surface area (Å²) in [5.74, 6) is -0.786. The van der Waals surface area contributed by atoms with Crippen LogP contribution in [0.15, 0.2) is 34.8 Å². The van der Waals surface area contributed by atoms with E-state index in [4.69, 9.17) is 0 Å². The maximum atomic E-state index is 13.8. The lowest BCUT2D eigenvalue weighted by Crippen LogP contribution is -2.26. The van der Waals surface area contributed by atoms with Crippen LogP contribution in [0.5, 0.6) is 0 Å². The summed E-state index contributed by atoms with van der Waals surface area (Å²) in [4.78, 5) is 29.0. The summed E-state index contributed by atoms with van der Waals surface area (Å²) in [6.45, 7) is 7.64. The number of aryl methyl sites for hydroxylation is 1. The Hall–Kier alpha value is -2.79. The Morgan fingerprint density at radius 3 is 2.61 bits per heavy atom. The van der Waals surface area contributed by atoms with E-state index in [-0.39, 0.29) is 24.1 Å². The molecule has 0 fully saturated rings. The standard InChI is InChI=1S/C20H23FN6O2S2/c1-11(2)27-16(9-22-18(29)14-7-5-6-8-15(14)21)25-26-20(27)31-13(4)17(28)24-19-23-12(3)10-30-19/h5-8,10-11,13H,9H2,1-4H3,(H,22,29)(H,23,24,28). The first-order chi connectivity index (χ1) is 14.8. The highest BCUT2D eigenvalue weighted by molar-refractivity contribution is 8.00. The Bertz CT molecular complexity index is 1080. The number of hydrogen-bond donors (Lipinski definition) is 2. The van der Waals surface area contributed by atoms with Crippen LogP contribution in [-0.2, 0) is 11.3 Å². The van der Waals surface area contributed by atoms with Gasteiger partial charge in [-0.05, 0) is 39.8 Å². The summed E-state index contributed by atoms with van der Waals surface area (Å²) < 4.78 is 15.7. The summed E-state index contributed by atoms with van der Waals surface area (Å²) >= 11 is 2.64. The summed E-state index contributed by atoms with van der Waals surface area (Å²) in [5.41, 5.74) is 0.817. The molecular weight excluding hydrogens is 439 g/mol. The van der Waals surface area contributed by atoms with E-state index >= 15 is 0 Å². The van der Waals surface area contributed by atoms with Crippen LogP contribution in [0.4, 0.5) is 9.52 Å². The molecule has 0 spiro atoms. The van der Waals surface area contributed by atoms with Crippen LogP contribution in [-0.4, -0.2) is 36.8 Å². The van der Waals surface area contributed by atoms with E-state index in [1.54, 1.807) is 13.0 Å². The van der Waals surface area contributed by atoms with E-state index in [1.165, 1.54) is 41.3 Å². The molecule has 31 heavy (non-hydrogen) atoms. The zero-order valence-corrected chi connectivity index (χ0v) is 19.2. The van der Waals surface area contributed by atoms with Gasteiger partial charge in [0.25, 0.3) is 5.91 Å². The summed E-state index contributed by atoms with van der Waals surface area (Å²) in [7, 11) is 0. The zero-order chi connectivity index (χ0) is 22.5. The van der Waals surface area contributed by atoms with Crippen molar-refractivity contribution in [2.75, 3.05) is 5.32 Å². The van der Waals surface area contributed by atoms with Gasteiger partial charge in [0.15, 0.2) is 16.1 Å². The van der Waals surface area contributed by atoms with Crippen molar-refractivity contribution < 1.29 is 14.0 Å². The quantitative estimate of drug-likeness (QED) is 0.494. The van der Waals surface area contributed by atoms with E-state index in [2.05, 4.69) is 25.8 Å². The number of thiazole rings is 1. The van der Waals surface area contributed by atoms with Gasteiger partial charge >= 0.3 is 0 Å². The maximum absolute atomic E-state index is 13.8. The largest absolute Gasteiger partial charge is 0.345 e. The third-order valence-electron chi connectivity index (χ3n) is 4.28. The molecule has 3 aromatic rings. The molecule has 1 atom stereocenters. The van der Waals surface area contributed by atoms with Gasteiger partial charge in [-0.25, -0.2) is 9.37 Å². The number of amides is 2. The normalized spacial score (nSPS) is 12.1. The molecule has 2 N–H and O–H groups in total. The molecule has 2 amide bonds. The van der Waals surface area contributed by atoms with E-state index < -0.39 is 17.0 Å². The highest BCUT2D eigenvalue weighted by Gasteiger charge is 2.22. The van der Waals surface area contributed by atoms with Gasteiger partial charge in [0.2, 0.25) is 5.91 Å². The van der Waals surface area contributed by atoms with Crippen molar-refractivity contribution >= 4 is 40.0 Å². The number of benzene rings is 1. The van der Waals surface area contributed by atoms with E-state index in [0.717, 1.165) is 5.69 Å². The van der Waals surface area contributed by atoms with Crippen LogP contribution < -0.4 is 10.6 Å². The second-order valence-corrected chi connectivity index (χ2v) is 9.23. The van der Waals surface area contributed by atoms with Gasteiger partial charge in [0.05, 0.1) is 23.1 Å². The first kappa shape index (κ1) is 22.9. The number of carbonyl (C=O) groups excluding carboxylic acids is 2. The van der Waals surface area contributed by atoms with Crippen molar-refractivity contribution in [3.63, 3.8) is 0 Å². The second-order valence-electron chi connectivity index (χ2n) is 7.07. The lowest BCUT2D eigenvalue weighted by Gasteiger charge is -2.16. The van der Waals surface area contributed by atoms with E-state index in [0.29, 0.717) is 16.1 Å². The van der Waals surface area contributed by atoms with Crippen LogP contribution in [0, 0.1) is 12.7 Å². The van der Waals surface area contributed by atoms with Gasteiger partial charge in [-0.2, -0.15) is 0 Å². The van der Waals surface area contributed by atoms with Gasteiger partial charge in [-0.3, -0.25) is 9.59 Å². The maximum Gasteiger partial charge on any atom is 0.254 e. The average molecular weight is 463 g/mol. The Balaban J connectivity index is 1.67. The van der Waals surface area contributed by atoms with E-state index in [1.807, 2.05) is 30.7 Å². The third-order valence-corrected chi connectivity index (χ3v) is 6.21. The number of rotatable bonds is 8. The minimum atomic E-state index is -0.586. The third kappa shape index (κ3) is 5.67. The van der Waals surface area contributed by atoms with Crippen molar-refractivity contribution in [2.24, 2.45) is 0 Å². The van der Waals surface area contributed by atoms with Crippen molar-refractivity contribution in [3.05, 3.63) is 52.5 Å². The van der Waals surface area contributed by atoms with Gasteiger partial charge in [0, 0.05) is 11.4 Å². The van der Waals surface area contributed by atoms with Crippen LogP contribution in [0.25, 0.3) is 0 Å². The Morgan fingerprint density at radius 2 is 1.97 bits per heavy atom. The van der Waals surface area contributed by atoms with Crippen LogP contribution >= 0.6 is 23.1 Å². The number of nitrogens with one attached hydrogen (secondary N) is 2. The van der Waals surface area contributed by atoms with E-state index in [9.17, 15) is 14.0 Å². The smallest absolute Gasteiger partial charge is 0.254 e. The van der Waals surface area contributed by atoms with Crippen molar-refractivity contribution in [1.29, 1.82) is 0 Å². The predicted molar refractivity (Wildman–Crippen MR) is 119 cm³/mol. The number of halogens is 1. The number of anilines is 1. The molecule has 0 saturated carbocycles. The summed E-state index contributed by atoms with van der Waals surface area (Å²) in [5, 5.41) is 16.4. The molecule has 1 aromatic carbocycles. The lowest BCUT2D eigenvalue weighted by atomic mass is 10.2. The number of aromatic nitrogens is 4. The van der Waals surface area contributed by atoms with Crippen molar-refractivity contribution in [2.45, 2.75) is 50.7 Å². The molecule has 3 rings (SSSR count). The van der Waals surface area contributed by atoms with Gasteiger partial charge in [-0.1, -0.05) is 23.9 Å². The molecule has 0 saturated heterocycles. The predicted octanol–water partition coefficient (Wildman–Crippen LogP) is 3.81. The molecule has 1 unspecified atom stereocenters. The summed E-state index contributed by atoms with van der Waals surface area (Å²) in [6, 6.07) is 5.78. The first-order valence-electron chi connectivity index (χ1n) is 9.62. The Kier molecular flexibility index (Phi) is 7.39. The average Bonchev–Trinajstić information content (AvgIpc) is 3.32. The van der Waals surface area contributed by atoms with Crippen LogP contribution in [0.1, 0.15) is 48.7 Å².